The van der Waals surface area contributed by atoms with E-state index in [0.29, 0.717) is 29.2 Å². The Labute approximate surface area is 156 Å². The van der Waals surface area contributed by atoms with Crippen molar-refractivity contribution in [3.8, 4) is 0 Å². The van der Waals surface area contributed by atoms with Gasteiger partial charge in [-0.05, 0) is 50.9 Å². The van der Waals surface area contributed by atoms with Gasteiger partial charge in [0.2, 0.25) is 0 Å². The van der Waals surface area contributed by atoms with Crippen molar-refractivity contribution in [1.82, 2.24) is 29.2 Å². The van der Waals surface area contributed by atoms with Crippen LogP contribution in [0.25, 0.3) is 10.9 Å². The summed E-state index contributed by atoms with van der Waals surface area (Å²) in [4.78, 5) is 23.9. The standard InChI is InChI=1S/C19H23FN6O/c1-13-23-17-9-15(20)3-4-16(17)19(27)26(13)10-14-5-7-25(8-6-14)11-18-21-12-22-24(18)2/h3-4,9,12,14H,5-8,10-11H2,1-2H3. The first-order valence-corrected chi connectivity index (χ1v) is 9.23. The third-order valence-electron chi connectivity index (χ3n) is 5.43. The van der Waals surface area contributed by atoms with Gasteiger partial charge in [0.15, 0.2) is 0 Å². The van der Waals surface area contributed by atoms with E-state index >= 15 is 0 Å². The number of nitrogens with zero attached hydrogens (tertiary/aromatic N) is 6. The summed E-state index contributed by atoms with van der Waals surface area (Å²) in [5.41, 5.74) is 0.339. The van der Waals surface area contributed by atoms with Crippen LogP contribution in [0.1, 0.15) is 24.5 Å². The minimum atomic E-state index is -0.373. The van der Waals surface area contributed by atoms with Crippen LogP contribution in [0.3, 0.4) is 0 Å². The van der Waals surface area contributed by atoms with Gasteiger partial charge >= 0.3 is 0 Å². The SMILES string of the molecule is Cc1nc2cc(F)ccc2c(=O)n1CC1CCN(Cc2ncnn2C)CC1. The molecule has 3 heterocycles. The summed E-state index contributed by atoms with van der Waals surface area (Å²) < 4.78 is 17.0. The number of aryl methyl sites for hydroxylation is 2. The summed E-state index contributed by atoms with van der Waals surface area (Å²) in [6, 6.07) is 4.16. The van der Waals surface area contributed by atoms with E-state index in [-0.39, 0.29) is 11.4 Å². The van der Waals surface area contributed by atoms with Gasteiger partial charge in [0.25, 0.3) is 5.56 Å². The molecule has 1 aliphatic rings. The molecule has 0 atom stereocenters. The minimum absolute atomic E-state index is 0.0842. The highest BCUT2D eigenvalue weighted by molar-refractivity contribution is 5.77. The molecule has 142 valence electrons. The van der Waals surface area contributed by atoms with Crippen molar-refractivity contribution in [2.75, 3.05) is 13.1 Å². The van der Waals surface area contributed by atoms with Crippen LogP contribution >= 0.6 is 0 Å². The van der Waals surface area contributed by atoms with Crippen LogP contribution in [0.15, 0.2) is 29.3 Å². The number of halogens is 1. The molecule has 3 aromatic rings. The second-order valence-corrected chi connectivity index (χ2v) is 7.26. The fraction of sp³-hybridized carbons (Fsp3) is 0.474. The van der Waals surface area contributed by atoms with Crippen molar-refractivity contribution in [3.05, 3.63) is 52.3 Å². The molecular weight excluding hydrogens is 347 g/mol. The molecule has 1 fully saturated rings. The van der Waals surface area contributed by atoms with E-state index in [2.05, 4.69) is 20.0 Å². The Hall–Kier alpha value is -2.61. The molecule has 8 heteroatoms. The lowest BCUT2D eigenvalue weighted by Gasteiger charge is -2.32. The van der Waals surface area contributed by atoms with Gasteiger partial charge in [0.1, 0.15) is 23.8 Å². The average molecular weight is 370 g/mol. The first kappa shape index (κ1) is 17.8. The molecule has 1 aliphatic heterocycles. The zero-order valence-corrected chi connectivity index (χ0v) is 15.6. The molecule has 0 amide bonds. The summed E-state index contributed by atoms with van der Waals surface area (Å²) in [6.45, 7) is 5.21. The number of aromatic nitrogens is 5. The van der Waals surface area contributed by atoms with Gasteiger partial charge in [0.05, 0.1) is 17.4 Å². The molecular formula is C19H23FN6O. The van der Waals surface area contributed by atoms with Gasteiger partial charge in [-0.2, -0.15) is 5.10 Å². The van der Waals surface area contributed by atoms with E-state index in [4.69, 9.17) is 0 Å². The Balaban J connectivity index is 1.45. The van der Waals surface area contributed by atoms with Gasteiger partial charge in [-0.15, -0.1) is 0 Å². The molecule has 0 aliphatic carbocycles. The predicted octanol–water partition coefficient (Wildman–Crippen LogP) is 1.88. The smallest absolute Gasteiger partial charge is 0.261 e. The fourth-order valence-electron chi connectivity index (χ4n) is 3.77. The largest absolute Gasteiger partial charge is 0.296 e. The molecule has 0 spiro atoms. The second-order valence-electron chi connectivity index (χ2n) is 7.26. The third kappa shape index (κ3) is 3.62. The van der Waals surface area contributed by atoms with Crippen LogP contribution < -0.4 is 5.56 Å². The lowest BCUT2D eigenvalue weighted by Crippen LogP contribution is -2.37. The van der Waals surface area contributed by atoms with E-state index in [1.165, 1.54) is 18.2 Å². The second kappa shape index (κ2) is 7.19. The van der Waals surface area contributed by atoms with Crippen LogP contribution in [0.4, 0.5) is 4.39 Å². The third-order valence-corrected chi connectivity index (χ3v) is 5.43. The summed E-state index contributed by atoms with van der Waals surface area (Å²) in [5, 5.41) is 4.59. The van der Waals surface area contributed by atoms with Gasteiger partial charge < -0.3 is 0 Å². The Morgan fingerprint density at radius 2 is 2.04 bits per heavy atom. The molecule has 1 aromatic carbocycles. The number of hydrogen-bond acceptors (Lipinski definition) is 5. The average Bonchev–Trinajstić information content (AvgIpc) is 3.04. The van der Waals surface area contributed by atoms with E-state index in [9.17, 15) is 9.18 Å². The topological polar surface area (TPSA) is 68.8 Å². The van der Waals surface area contributed by atoms with E-state index < -0.39 is 0 Å². The molecule has 0 bridgehead atoms. The number of fused-ring (bicyclic) bond motifs is 1. The first-order chi connectivity index (χ1) is 13.0. The van der Waals surface area contributed by atoms with Crippen LogP contribution in [0, 0.1) is 18.7 Å². The van der Waals surface area contributed by atoms with Gasteiger partial charge in [0, 0.05) is 19.7 Å². The van der Waals surface area contributed by atoms with E-state index in [1.54, 1.807) is 15.6 Å². The van der Waals surface area contributed by atoms with Gasteiger partial charge in [-0.1, -0.05) is 0 Å². The van der Waals surface area contributed by atoms with Crippen molar-refractivity contribution < 1.29 is 4.39 Å². The Bertz CT molecular complexity index is 1020. The predicted molar refractivity (Wildman–Crippen MR) is 99.7 cm³/mol. The summed E-state index contributed by atoms with van der Waals surface area (Å²) in [6.07, 6.45) is 3.62. The number of likely N-dealkylation sites (tertiary alicyclic amines) is 1. The molecule has 0 N–H and O–H groups in total. The highest BCUT2D eigenvalue weighted by atomic mass is 19.1. The maximum absolute atomic E-state index is 13.4. The Morgan fingerprint density at radius 3 is 2.74 bits per heavy atom. The number of piperidine rings is 1. The molecule has 0 saturated carbocycles. The maximum Gasteiger partial charge on any atom is 0.261 e. The van der Waals surface area contributed by atoms with Crippen LogP contribution in [-0.4, -0.2) is 42.3 Å². The van der Waals surface area contributed by atoms with Crippen molar-refractivity contribution in [2.45, 2.75) is 32.9 Å². The molecule has 1 saturated heterocycles. The molecule has 4 rings (SSSR count). The Kier molecular flexibility index (Phi) is 4.73. The zero-order chi connectivity index (χ0) is 19.0. The monoisotopic (exact) mass is 370 g/mol. The zero-order valence-electron chi connectivity index (χ0n) is 15.6. The van der Waals surface area contributed by atoms with Crippen molar-refractivity contribution in [2.24, 2.45) is 13.0 Å². The normalized spacial score (nSPS) is 16.3. The van der Waals surface area contributed by atoms with Gasteiger partial charge in [-0.3, -0.25) is 18.9 Å². The van der Waals surface area contributed by atoms with Gasteiger partial charge in [-0.25, -0.2) is 14.4 Å². The van der Waals surface area contributed by atoms with Crippen LogP contribution in [-0.2, 0) is 20.1 Å². The quantitative estimate of drug-likeness (QED) is 0.701. The molecule has 7 nitrogen and oxygen atoms in total. The van der Waals surface area contributed by atoms with Crippen molar-refractivity contribution in [3.63, 3.8) is 0 Å². The summed E-state index contributed by atoms with van der Waals surface area (Å²) in [5.74, 6) is 1.66. The molecule has 0 radical (unpaired) electrons. The highest BCUT2D eigenvalue weighted by Gasteiger charge is 2.22. The van der Waals surface area contributed by atoms with E-state index in [1.807, 2.05) is 14.0 Å². The van der Waals surface area contributed by atoms with Crippen molar-refractivity contribution in [1.29, 1.82) is 0 Å². The number of hydrogen-bond donors (Lipinski definition) is 0. The Morgan fingerprint density at radius 1 is 1.26 bits per heavy atom. The van der Waals surface area contributed by atoms with E-state index in [0.717, 1.165) is 38.3 Å². The minimum Gasteiger partial charge on any atom is -0.296 e. The van der Waals surface area contributed by atoms with Crippen LogP contribution in [0.5, 0.6) is 0 Å². The number of rotatable bonds is 4. The maximum atomic E-state index is 13.4. The van der Waals surface area contributed by atoms with Crippen molar-refractivity contribution >= 4 is 10.9 Å². The molecule has 0 unspecified atom stereocenters. The fourth-order valence-corrected chi connectivity index (χ4v) is 3.77. The summed E-state index contributed by atoms with van der Waals surface area (Å²) in [7, 11) is 1.91. The molecule has 27 heavy (non-hydrogen) atoms. The van der Waals surface area contributed by atoms with Crippen LogP contribution in [0.2, 0.25) is 0 Å². The lowest BCUT2D eigenvalue weighted by atomic mass is 9.96. The number of benzene rings is 1. The molecule has 2 aromatic heterocycles. The summed E-state index contributed by atoms with van der Waals surface area (Å²) >= 11 is 0. The lowest BCUT2D eigenvalue weighted by molar-refractivity contribution is 0.161. The highest BCUT2D eigenvalue weighted by Crippen LogP contribution is 2.21. The first-order valence-electron chi connectivity index (χ1n) is 9.23.